The maximum absolute atomic E-state index is 12.8. The van der Waals surface area contributed by atoms with Gasteiger partial charge in [0.05, 0.1) is 12.2 Å². The minimum Gasteiger partial charge on any atom is -0.493 e. The first-order valence-electron chi connectivity index (χ1n) is 9.43. The second-order valence-corrected chi connectivity index (χ2v) is 7.46. The molecule has 0 saturated carbocycles. The molecule has 2 aromatic carbocycles. The molecular formula is C23H26N2O3. The molecule has 2 amide bonds. The molecule has 146 valence electrons. The van der Waals surface area contributed by atoms with Gasteiger partial charge in [0.15, 0.2) is 0 Å². The number of carbonyl (C=O) groups excluding carboxylic acids is 2. The summed E-state index contributed by atoms with van der Waals surface area (Å²) in [6.07, 6.45) is 0. The number of likely N-dealkylation sites (N-methyl/N-ethyl adjacent to an activating group) is 2. The molecule has 0 radical (unpaired) electrons. The van der Waals surface area contributed by atoms with Gasteiger partial charge in [0.25, 0.3) is 11.8 Å². The van der Waals surface area contributed by atoms with Gasteiger partial charge in [-0.2, -0.15) is 0 Å². The third-order valence-electron chi connectivity index (χ3n) is 4.63. The molecule has 0 atom stereocenters. The molecule has 0 N–H and O–H groups in total. The largest absolute Gasteiger partial charge is 0.493 e. The highest BCUT2D eigenvalue weighted by Gasteiger charge is 2.38. The molecule has 1 aliphatic rings. The lowest BCUT2D eigenvalue weighted by Gasteiger charge is -2.21. The van der Waals surface area contributed by atoms with Gasteiger partial charge in [0.1, 0.15) is 11.4 Å². The van der Waals surface area contributed by atoms with Gasteiger partial charge in [-0.05, 0) is 29.2 Å². The molecular weight excluding hydrogens is 352 g/mol. The average molecular weight is 378 g/mol. The Kier molecular flexibility index (Phi) is 5.83. The van der Waals surface area contributed by atoms with Gasteiger partial charge in [-0.15, -0.1) is 0 Å². The van der Waals surface area contributed by atoms with Gasteiger partial charge in [-0.25, -0.2) is 0 Å². The van der Waals surface area contributed by atoms with E-state index in [9.17, 15) is 9.59 Å². The van der Waals surface area contributed by atoms with E-state index in [0.717, 1.165) is 16.9 Å². The van der Waals surface area contributed by atoms with E-state index in [1.807, 2.05) is 66.5 Å². The van der Waals surface area contributed by atoms with Crippen LogP contribution < -0.4 is 4.74 Å². The van der Waals surface area contributed by atoms with Crippen LogP contribution in [0.2, 0.25) is 0 Å². The quantitative estimate of drug-likeness (QED) is 0.691. The summed E-state index contributed by atoms with van der Waals surface area (Å²) in [6.45, 7) is 5.36. The van der Waals surface area contributed by atoms with Gasteiger partial charge < -0.3 is 9.64 Å². The molecule has 0 spiro atoms. The van der Waals surface area contributed by atoms with E-state index in [0.29, 0.717) is 30.3 Å². The van der Waals surface area contributed by atoms with Crippen LogP contribution in [-0.2, 0) is 16.1 Å². The van der Waals surface area contributed by atoms with Crippen LogP contribution in [0.1, 0.15) is 25.0 Å². The van der Waals surface area contributed by atoms with E-state index in [2.05, 4.69) is 13.8 Å². The summed E-state index contributed by atoms with van der Waals surface area (Å²) in [7, 11) is 3.36. The fourth-order valence-corrected chi connectivity index (χ4v) is 3.16. The van der Waals surface area contributed by atoms with Crippen LogP contribution >= 0.6 is 0 Å². The van der Waals surface area contributed by atoms with E-state index >= 15 is 0 Å². The highest BCUT2D eigenvalue weighted by atomic mass is 16.5. The number of carbonyl (C=O) groups is 2. The van der Waals surface area contributed by atoms with Crippen molar-refractivity contribution < 1.29 is 14.3 Å². The first-order chi connectivity index (χ1) is 13.4. The van der Waals surface area contributed by atoms with Gasteiger partial charge in [0.2, 0.25) is 0 Å². The van der Waals surface area contributed by atoms with Crippen LogP contribution in [0, 0.1) is 5.92 Å². The summed E-state index contributed by atoms with van der Waals surface area (Å²) in [5.74, 6) is 0.625. The Balaban J connectivity index is 1.91. The van der Waals surface area contributed by atoms with Crippen LogP contribution in [0.4, 0.5) is 0 Å². The standard InChI is InChI=1S/C23H26N2O3/c1-16(2)15-28-19-12-10-18(11-13-19)20-21(23(27)25(4)22(20)26)24(3)14-17-8-6-5-7-9-17/h5-13,16H,14-15H2,1-4H3. The minimum atomic E-state index is -0.282. The Morgan fingerprint density at radius 1 is 0.964 bits per heavy atom. The molecule has 0 aromatic heterocycles. The Hall–Kier alpha value is -3.08. The maximum atomic E-state index is 12.8. The normalized spacial score (nSPS) is 14.2. The highest BCUT2D eigenvalue weighted by molar-refractivity contribution is 6.35. The van der Waals surface area contributed by atoms with E-state index in [-0.39, 0.29) is 11.8 Å². The van der Waals surface area contributed by atoms with Crippen LogP contribution in [0.3, 0.4) is 0 Å². The molecule has 1 heterocycles. The van der Waals surface area contributed by atoms with Crippen molar-refractivity contribution in [1.29, 1.82) is 0 Å². The first kappa shape index (κ1) is 19.7. The number of benzene rings is 2. The maximum Gasteiger partial charge on any atom is 0.277 e. The van der Waals surface area contributed by atoms with Crippen molar-refractivity contribution in [3.05, 3.63) is 71.4 Å². The first-order valence-corrected chi connectivity index (χ1v) is 9.43. The SMILES string of the molecule is CC(C)COc1ccc(C2=C(N(C)Cc3ccccc3)C(=O)N(C)C2=O)cc1. The van der Waals surface area contributed by atoms with Crippen LogP contribution in [0.15, 0.2) is 60.3 Å². The fourth-order valence-electron chi connectivity index (χ4n) is 3.16. The zero-order valence-corrected chi connectivity index (χ0v) is 16.8. The number of amides is 2. The predicted octanol–water partition coefficient (Wildman–Crippen LogP) is 3.56. The topological polar surface area (TPSA) is 49.9 Å². The summed E-state index contributed by atoms with van der Waals surface area (Å²) >= 11 is 0. The summed E-state index contributed by atoms with van der Waals surface area (Å²) < 4.78 is 5.72. The van der Waals surface area contributed by atoms with Crippen LogP contribution in [0.25, 0.3) is 5.57 Å². The van der Waals surface area contributed by atoms with Crippen molar-refractivity contribution >= 4 is 17.4 Å². The monoisotopic (exact) mass is 378 g/mol. The molecule has 0 fully saturated rings. The lowest BCUT2D eigenvalue weighted by Crippen LogP contribution is -2.30. The lowest BCUT2D eigenvalue weighted by molar-refractivity contribution is -0.135. The van der Waals surface area contributed by atoms with Crippen LogP contribution in [-0.4, -0.2) is 42.3 Å². The molecule has 5 heteroatoms. The van der Waals surface area contributed by atoms with Crippen molar-refractivity contribution in [3.63, 3.8) is 0 Å². The van der Waals surface area contributed by atoms with Crippen molar-refractivity contribution in [2.24, 2.45) is 5.92 Å². The molecule has 3 rings (SSSR count). The van der Waals surface area contributed by atoms with Gasteiger partial charge in [0, 0.05) is 20.6 Å². The summed E-state index contributed by atoms with van der Waals surface area (Å²) in [6, 6.07) is 17.2. The highest BCUT2D eigenvalue weighted by Crippen LogP contribution is 2.31. The zero-order chi connectivity index (χ0) is 20.3. The van der Waals surface area contributed by atoms with Crippen molar-refractivity contribution in [2.45, 2.75) is 20.4 Å². The smallest absolute Gasteiger partial charge is 0.277 e. The summed E-state index contributed by atoms with van der Waals surface area (Å²) in [5.41, 5.74) is 2.65. The third kappa shape index (κ3) is 4.09. The molecule has 0 unspecified atom stereocenters. The number of hydrogen-bond donors (Lipinski definition) is 0. The number of imide groups is 1. The molecule has 2 aromatic rings. The molecule has 0 saturated heterocycles. The van der Waals surface area contributed by atoms with E-state index < -0.39 is 0 Å². The Labute approximate surface area is 166 Å². The number of ether oxygens (including phenoxy) is 1. The number of rotatable bonds is 7. The number of nitrogens with zero attached hydrogens (tertiary/aromatic N) is 2. The average Bonchev–Trinajstić information content (AvgIpc) is 2.91. The Morgan fingerprint density at radius 3 is 2.21 bits per heavy atom. The van der Waals surface area contributed by atoms with Gasteiger partial charge in [-0.1, -0.05) is 56.3 Å². The predicted molar refractivity (Wildman–Crippen MR) is 109 cm³/mol. The second kappa shape index (κ2) is 8.30. The van der Waals surface area contributed by atoms with E-state index in [1.54, 1.807) is 0 Å². The van der Waals surface area contributed by atoms with E-state index in [1.165, 1.54) is 11.9 Å². The molecule has 5 nitrogen and oxygen atoms in total. The Bertz CT molecular complexity index is 886. The molecule has 1 aliphatic heterocycles. The van der Waals surface area contributed by atoms with Gasteiger partial charge in [-0.3, -0.25) is 14.5 Å². The van der Waals surface area contributed by atoms with Crippen LogP contribution in [0.5, 0.6) is 5.75 Å². The van der Waals surface area contributed by atoms with Crippen molar-refractivity contribution in [2.75, 3.05) is 20.7 Å². The molecule has 0 aliphatic carbocycles. The summed E-state index contributed by atoms with van der Waals surface area (Å²) in [4.78, 5) is 28.5. The molecule has 0 bridgehead atoms. The lowest BCUT2D eigenvalue weighted by atomic mass is 10.0. The van der Waals surface area contributed by atoms with Gasteiger partial charge >= 0.3 is 0 Å². The summed E-state index contributed by atoms with van der Waals surface area (Å²) in [5, 5.41) is 0. The molecule has 28 heavy (non-hydrogen) atoms. The minimum absolute atomic E-state index is 0.279. The third-order valence-corrected chi connectivity index (χ3v) is 4.63. The Morgan fingerprint density at radius 2 is 1.61 bits per heavy atom. The fraction of sp³-hybridized carbons (Fsp3) is 0.304. The van der Waals surface area contributed by atoms with Crippen molar-refractivity contribution in [1.82, 2.24) is 9.80 Å². The number of hydrogen-bond acceptors (Lipinski definition) is 4. The zero-order valence-electron chi connectivity index (χ0n) is 16.8. The van der Waals surface area contributed by atoms with E-state index in [4.69, 9.17) is 4.74 Å². The second-order valence-electron chi connectivity index (χ2n) is 7.46. The van der Waals surface area contributed by atoms with Crippen molar-refractivity contribution in [3.8, 4) is 5.75 Å².